The standard InChI is InChI=1S/C32H35F5O2/c1-3-5-18-39-28-16-13-22(29(34)31(28)36)11-8-20-6-9-21(10-7-20)23-12-14-24(26(33)19-23)25-15-17-27(38-4-2)32(37)30(25)35/h12-17,19-21H,3-11,18H2,1-2H3. The summed E-state index contributed by atoms with van der Waals surface area (Å²) in [6.07, 6.45) is 6.37. The van der Waals surface area contributed by atoms with Gasteiger partial charge < -0.3 is 9.47 Å². The fraction of sp³-hybridized carbons (Fsp3) is 0.438. The maximum Gasteiger partial charge on any atom is 0.201 e. The zero-order valence-corrected chi connectivity index (χ0v) is 22.5. The van der Waals surface area contributed by atoms with Crippen molar-refractivity contribution in [1.29, 1.82) is 0 Å². The molecule has 0 aliphatic heterocycles. The Labute approximate surface area is 227 Å². The summed E-state index contributed by atoms with van der Waals surface area (Å²) < 4.78 is 83.3. The van der Waals surface area contributed by atoms with E-state index in [2.05, 4.69) is 0 Å². The molecule has 1 aliphatic carbocycles. The summed E-state index contributed by atoms with van der Waals surface area (Å²) in [4.78, 5) is 0. The van der Waals surface area contributed by atoms with Crippen molar-refractivity contribution in [1.82, 2.24) is 0 Å². The van der Waals surface area contributed by atoms with E-state index in [1.807, 2.05) is 6.92 Å². The normalized spacial score (nSPS) is 17.3. The van der Waals surface area contributed by atoms with Gasteiger partial charge in [-0.3, -0.25) is 0 Å². The lowest BCUT2D eigenvalue weighted by Crippen LogP contribution is -2.14. The Morgan fingerprint density at radius 1 is 0.718 bits per heavy atom. The van der Waals surface area contributed by atoms with Crippen LogP contribution < -0.4 is 9.47 Å². The van der Waals surface area contributed by atoms with Crippen LogP contribution in [0.3, 0.4) is 0 Å². The van der Waals surface area contributed by atoms with Crippen molar-refractivity contribution >= 4 is 0 Å². The lowest BCUT2D eigenvalue weighted by Gasteiger charge is -2.29. The first-order chi connectivity index (χ1) is 18.8. The summed E-state index contributed by atoms with van der Waals surface area (Å²) >= 11 is 0. The van der Waals surface area contributed by atoms with Gasteiger partial charge in [0.15, 0.2) is 23.1 Å². The molecule has 1 aliphatic rings. The van der Waals surface area contributed by atoms with E-state index < -0.39 is 29.1 Å². The molecular weight excluding hydrogens is 511 g/mol. The van der Waals surface area contributed by atoms with Crippen LogP contribution in [0.15, 0.2) is 42.5 Å². The molecule has 0 spiro atoms. The topological polar surface area (TPSA) is 18.5 Å². The minimum atomic E-state index is -1.14. The highest BCUT2D eigenvalue weighted by Gasteiger charge is 2.25. The van der Waals surface area contributed by atoms with Crippen LogP contribution in [0.1, 0.15) is 75.8 Å². The van der Waals surface area contributed by atoms with E-state index in [0.717, 1.165) is 50.5 Å². The summed E-state index contributed by atoms with van der Waals surface area (Å²) in [6.45, 7) is 4.22. The second-order valence-electron chi connectivity index (χ2n) is 10.2. The summed E-state index contributed by atoms with van der Waals surface area (Å²) in [7, 11) is 0. The molecule has 0 saturated heterocycles. The van der Waals surface area contributed by atoms with Crippen LogP contribution >= 0.6 is 0 Å². The van der Waals surface area contributed by atoms with E-state index in [0.29, 0.717) is 24.5 Å². The van der Waals surface area contributed by atoms with Crippen LogP contribution in [0.4, 0.5) is 22.0 Å². The third kappa shape index (κ3) is 6.74. The number of ether oxygens (including phenoxy) is 2. The molecule has 0 N–H and O–H groups in total. The van der Waals surface area contributed by atoms with Crippen molar-refractivity contribution in [3.8, 4) is 22.6 Å². The molecule has 210 valence electrons. The summed E-state index contributed by atoms with van der Waals surface area (Å²) in [5.41, 5.74) is 1.04. The maximum absolute atomic E-state index is 15.0. The van der Waals surface area contributed by atoms with E-state index in [1.165, 1.54) is 30.3 Å². The smallest absolute Gasteiger partial charge is 0.201 e. The van der Waals surface area contributed by atoms with Gasteiger partial charge in [-0.05, 0) is 99.1 Å². The first-order valence-electron chi connectivity index (χ1n) is 13.8. The zero-order valence-electron chi connectivity index (χ0n) is 22.5. The van der Waals surface area contributed by atoms with Gasteiger partial charge in [0.2, 0.25) is 11.6 Å². The van der Waals surface area contributed by atoms with Gasteiger partial charge in [0, 0.05) is 11.1 Å². The molecular formula is C32H35F5O2. The molecule has 7 heteroatoms. The van der Waals surface area contributed by atoms with Crippen molar-refractivity contribution < 1.29 is 31.4 Å². The Balaban J connectivity index is 1.34. The number of halogens is 5. The third-order valence-corrected chi connectivity index (χ3v) is 7.65. The summed E-state index contributed by atoms with van der Waals surface area (Å²) in [5.74, 6) is -4.35. The lowest BCUT2D eigenvalue weighted by atomic mass is 9.76. The fourth-order valence-electron chi connectivity index (χ4n) is 5.36. The molecule has 0 atom stereocenters. The maximum atomic E-state index is 15.0. The number of hydrogen-bond acceptors (Lipinski definition) is 2. The highest BCUT2D eigenvalue weighted by atomic mass is 19.2. The van der Waals surface area contributed by atoms with Crippen molar-refractivity contribution in [2.24, 2.45) is 5.92 Å². The second-order valence-corrected chi connectivity index (χ2v) is 10.2. The Kier molecular flexibility index (Phi) is 9.87. The zero-order chi connectivity index (χ0) is 27.9. The molecule has 1 fully saturated rings. The van der Waals surface area contributed by atoms with E-state index in [-0.39, 0.29) is 35.2 Å². The summed E-state index contributed by atoms with van der Waals surface area (Å²) in [6, 6.07) is 10.4. The predicted molar refractivity (Wildman–Crippen MR) is 143 cm³/mol. The van der Waals surface area contributed by atoms with Crippen molar-refractivity contribution in [3.05, 3.63) is 82.7 Å². The molecule has 3 aromatic rings. The highest BCUT2D eigenvalue weighted by Crippen LogP contribution is 2.40. The minimum Gasteiger partial charge on any atom is -0.491 e. The molecule has 0 unspecified atom stereocenters. The van der Waals surface area contributed by atoms with Gasteiger partial charge in [-0.25, -0.2) is 13.2 Å². The monoisotopic (exact) mass is 546 g/mol. The Morgan fingerprint density at radius 3 is 2.08 bits per heavy atom. The molecule has 2 nitrogen and oxygen atoms in total. The van der Waals surface area contributed by atoms with E-state index in [9.17, 15) is 17.6 Å². The van der Waals surface area contributed by atoms with E-state index in [1.54, 1.807) is 19.1 Å². The largest absolute Gasteiger partial charge is 0.491 e. The van der Waals surface area contributed by atoms with Crippen LogP contribution in [0.25, 0.3) is 11.1 Å². The summed E-state index contributed by atoms with van der Waals surface area (Å²) in [5, 5.41) is 0. The van der Waals surface area contributed by atoms with Gasteiger partial charge in [0.25, 0.3) is 0 Å². The van der Waals surface area contributed by atoms with Crippen LogP contribution in [-0.2, 0) is 6.42 Å². The third-order valence-electron chi connectivity index (χ3n) is 7.65. The minimum absolute atomic E-state index is 0.00271. The molecule has 4 rings (SSSR count). The Hall–Kier alpha value is -3.09. The van der Waals surface area contributed by atoms with Crippen LogP contribution in [0.2, 0.25) is 0 Å². The van der Waals surface area contributed by atoms with Crippen LogP contribution in [-0.4, -0.2) is 13.2 Å². The number of hydrogen-bond donors (Lipinski definition) is 0. The number of aryl methyl sites for hydroxylation is 1. The molecule has 39 heavy (non-hydrogen) atoms. The predicted octanol–water partition coefficient (Wildman–Crippen LogP) is 9.53. The SMILES string of the molecule is CCCCOc1ccc(CCC2CCC(c3ccc(-c4ccc(OCC)c(F)c4F)c(F)c3)CC2)c(F)c1F. The van der Waals surface area contributed by atoms with E-state index in [4.69, 9.17) is 9.47 Å². The Bertz CT molecular complexity index is 1270. The molecule has 0 heterocycles. The first-order valence-corrected chi connectivity index (χ1v) is 13.8. The highest BCUT2D eigenvalue weighted by molar-refractivity contribution is 5.66. The lowest BCUT2D eigenvalue weighted by molar-refractivity contribution is 0.287. The van der Waals surface area contributed by atoms with Gasteiger partial charge in [-0.2, -0.15) is 8.78 Å². The van der Waals surface area contributed by atoms with Gasteiger partial charge in [0.05, 0.1) is 13.2 Å². The van der Waals surface area contributed by atoms with Gasteiger partial charge >= 0.3 is 0 Å². The fourth-order valence-corrected chi connectivity index (χ4v) is 5.36. The van der Waals surface area contributed by atoms with Crippen LogP contribution in [0, 0.1) is 35.0 Å². The van der Waals surface area contributed by atoms with E-state index >= 15 is 4.39 Å². The quantitative estimate of drug-likeness (QED) is 0.176. The van der Waals surface area contributed by atoms with Gasteiger partial charge in [-0.15, -0.1) is 0 Å². The average Bonchev–Trinajstić information content (AvgIpc) is 2.94. The molecule has 0 bridgehead atoms. The number of benzene rings is 3. The first kappa shape index (κ1) is 28.9. The van der Waals surface area contributed by atoms with Crippen molar-refractivity contribution in [3.63, 3.8) is 0 Å². The van der Waals surface area contributed by atoms with Gasteiger partial charge in [-0.1, -0.05) is 31.5 Å². The average molecular weight is 547 g/mol. The number of unbranched alkanes of at least 4 members (excludes halogenated alkanes) is 1. The molecule has 0 aromatic heterocycles. The van der Waals surface area contributed by atoms with Gasteiger partial charge in [0.1, 0.15) is 5.82 Å². The number of rotatable bonds is 11. The second kappa shape index (κ2) is 13.3. The molecule has 0 amide bonds. The Morgan fingerprint density at radius 2 is 1.38 bits per heavy atom. The molecule has 0 radical (unpaired) electrons. The molecule has 3 aromatic carbocycles. The van der Waals surface area contributed by atoms with Crippen molar-refractivity contribution in [2.75, 3.05) is 13.2 Å². The van der Waals surface area contributed by atoms with Crippen LogP contribution in [0.5, 0.6) is 11.5 Å². The van der Waals surface area contributed by atoms with Crippen molar-refractivity contribution in [2.45, 2.75) is 71.1 Å². The molecule has 1 saturated carbocycles.